The van der Waals surface area contributed by atoms with E-state index >= 15 is 0 Å². The van der Waals surface area contributed by atoms with Crippen LogP contribution in [-0.2, 0) is 10.2 Å². The van der Waals surface area contributed by atoms with Crippen LogP contribution < -0.4 is 5.32 Å². The number of amides is 2. The maximum absolute atomic E-state index is 15.0. The molecule has 1 N–H and O–H groups in total. The average molecular weight is 514 g/mol. The summed E-state index contributed by atoms with van der Waals surface area (Å²) in [6, 6.07) is -1.44. The Morgan fingerprint density at radius 2 is 1.92 bits per heavy atom. The molecule has 1 aromatic heterocycles. The molecule has 3 heterocycles. The normalized spacial score (nSPS) is 34.2. The van der Waals surface area contributed by atoms with Gasteiger partial charge in [-0.2, -0.15) is 4.98 Å². The predicted molar refractivity (Wildman–Crippen MR) is 126 cm³/mol. The molecule has 11 heteroatoms. The monoisotopic (exact) mass is 513 g/mol. The number of alkyl halides is 3. The lowest BCUT2D eigenvalue weighted by Gasteiger charge is -2.42. The quantitative estimate of drug-likeness (QED) is 0.619. The average Bonchev–Trinajstić information content (AvgIpc) is 3.20. The number of hydrogen-bond donors (Lipinski definition) is 1. The summed E-state index contributed by atoms with van der Waals surface area (Å²) in [6.45, 7) is 8.63. The summed E-state index contributed by atoms with van der Waals surface area (Å²) in [5.41, 5.74) is -0.412. The standard InChI is InChI=1S/C25H38F3N5O3/c1-15(2)33-10-6-16(14-33)35-19-5-4-7-25(27,28)20(19)29-23(34)32-11-8-24(3,9-12-32)22-30-21(36-31-22)17-13-18(17)26/h15-20H,4-14H2,1-3H3,(H,29,34)/t16-,17-,18+,19+,20-/m1/s1. The van der Waals surface area contributed by atoms with Crippen LogP contribution in [0, 0.1) is 0 Å². The van der Waals surface area contributed by atoms with E-state index in [-0.39, 0.29) is 18.4 Å². The van der Waals surface area contributed by atoms with Crippen LogP contribution in [0.5, 0.6) is 0 Å². The molecule has 5 atom stereocenters. The van der Waals surface area contributed by atoms with E-state index in [2.05, 4.69) is 34.2 Å². The fraction of sp³-hybridized carbons (Fsp3) is 0.880. The van der Waals surface area contributed by atoms with Gasteiger partial charge in [-0.15, -0.1) is 0 Å². The van der Waals surface area contributed by atoms with Crippen molar-refractivity contribution in [2.75, 3.05) is 26.2 Å². The molecule has 36 heavy (non-hydrogen) atoms. The number of halogens is 3. The molecule has 2 aliphatic heterocycles. The molecule has 4 fully saturated rings. The van der Waals surface area contributed by atoms with Crippen molar-refractivity contribution in [3.63, 3.8) is 0 Å². The second kappa shape index (κ2) is 9.78. The lowest BCUT2D eigenvalue weighted by molar-refractivity contribution is -0.138. The van der Waals surface area contributed by atoms with E-state index in [1.807, 2.05) is 6.92 Å². The van der Waals surface area contributed by atoms with E-state index in [0.717, 1.165) is 19.5 Å². The first-order chi connectivity index (χ1) is 17.1. The van der Waals surface area contributed by atoms with E-state index in [0.29, 0.717) is 63.0 Å². The van der Waals surface area contributed by atoms with Crippen molar-refractivity contribution in [3.05, 3.63) is 11.7 Å². The maximum Gasteiger partial charge on any atom is 0.317 e. The molecular formula is C25H38F3N5O3. The van der Waals surface area contributed by atoms with Gasteiger partial charge in [0.2, 0.25) is 5.89 Å². The highest BCUT2D eigenvalue weighted by Crippen LogP contribution is 2.44. The molecule has 1 aromatic rings. The van der Waals surface area contributed by atoms with Crippen LogP contribution in [-0.4, -0.2) is 88.5 Å². The van der Waals surface area contributed by atoms with Crippen molar-refractivity contribution >= 4 is 6.03 Å². The summed E-state index contributed by atoms with van der Waals surface area (Å²) in [5.74, 6) is -2.46. The highest BCUT2D eigenvalue weighted by atomic mass is 19.3. The second-order valence-corrected chi connectivity index (χ2v) is 11.6. The molecular weight excluding hydrogens is 475 g/mol. The van der Waals surface area contributed by atoms with E-state index in [1.54, 1.807) is 4.90 Å². The van der Waals surface area contributed by atoms with Gasteiger partial charge in [-0.05, 0) is 52.4 Å². The number of aromatic nitrogens is 2. The summed E-state index contributed by atoms with van der Waals surface area (Å²) < 4.78 is 54.8. The van der Waals surface area contributed by atoms with Crippen molar-refractivity contribution in [1.29, 1.82) is 0 Å². The zero-order chi connectivity index (χ0) is 25.7. The molecule has 202 valence electrons. The molecule has 2 saturated carbocycles. The lowest BCUT2D eigenvalue weighted by atomic mass is 9.79. The number of ether oxygens (including phenoxy) is 1. The Morgan fingerprint density at radius 1 is 1.19 bits per heavy atom. The Hall–Kier alpha value is -1.88. The molecule has 0 unspecified atom stereocenters. The van der Waals surface area contributed by atoms with Crippen molar-refractivity contribution in [1.82, 2.24) is 25.3 Å². The van der Waals surface area contributed by atoms with Crippen LogP contribution in [0.1, 0.15) is 83.3 Å². The second-order valence-electron chi connectivity index (χ2n) is 11.6. The van der Waals surface area contributed by atoms with Gasteiger partial charge in [-0.1, -0.05) is 12.1 Å². The minimum atomic E-state index is -3.02. The van der Waals surface area contributed by atoms with Crippen molar-refractivity contribution in [2.45, 2.75) is 113 Å². The zero-order valence-electron chi connectivity index (χ0n) is 21.4. The first kappa shape index (κ1) is 25.8. The molecule has 2 saturated heterocycles. The topological polar surface area (TPSA) is 83.7 Å². The van der Waals surface area contributed by atoms with Crippen LogP contribution in [0.2, 0.25) is 0 Å². The van der Waals surface area contributed by atoms with Gasteiger partial charge in [0.25, 0.3) is 5.92 Å². The highest BCUT2D eigenvalue weighted by Gasteiger charge is 2.50. The maximum atomic E-state index is 15.0. The molecule has 2 aliphatic carbocycles. The molecule has 0 radical (unpaired) electrons. The summed E-state index contributed by atoms with van der Waals surface area (Å²) in [6.07, 6.45) is 1.30. The first-order valence-electron chi connectivity index (χ1n) is 13.4. The third-order valence-corrected chi connectivity index (χ3v) is 8.54. The lowest BCUT2D eigenvalue weighted by Crippen LogP contribution is -2.61. The van der Waals surface area contributed by atoms with Gasteiger partial charge in [-0.25, -0.2) is 18.0 Å². The van der Waals surface area contributed by atoms with Gasteiger partial charge in [0.05, 0.1) is 18.1 Å². The summed E-state index contributed by atoms with van der Waals surface area (Å²) in [7, 11) is 0. The van der Waals surface area contributed by atoms with Crippen LogP contribution >= 0.6 is 0 Å². The van der Waals surface area contributed by atoms with E-state index < -0.39 is 35.7 Å². The Labute approximate surface area is 210 Å². The van der Waals surface area contributed by atoms with Crippen LogP contribution in [0.15, 0.2) is 4.52 Å². The molecule has 2 amide bonds. The predicted octanol–water partition coefficient (Wildman–Crippen LogP) is 4.01. The number of hydrogen-bond acceptors (Lipinski definition) is 6. The van der Waals surface area contributed by atoms with E-state index in [1.165, 1.54) is 0 Å². The third kappa shape index (κ3) is 5.23. The first-order valence-corrected chi connectivity index (χ1v) is 13.4. The largest absolute Gasteiger partial charge is 0.371 e. The van der Waals surface area contributed by atoms with Gasteiger partial charge in [0.1, 0.15) is 12.2 Å². The van der Waals surface area contributed by atoms with Crippen molar-refractivity contribution in [3.8, 4) is 0 Å². The fourth-order valence-electron chi connectivity index (χ4n) is 5.76. The number of rotatable bonds is 6. The van der Waals surface area contributed by atoms with Crippen molar-refractivity contribution in [2.24, 2.45) is 0 Å². The number of urea groups is 1. The summed E-state index contributed by atoms with van der Waals surface area (Å²) in [5, 5.41) is 6.72. The Balaban J connectivity index is 1.18. The number of carbonyl (C=O) groups excluding carboxylic acids is 1. The SMILES string of the molecule is CC(C)N1CC[C@@H](O[C@H]2CCCC(F)(F)[C@@H]2NC(=O)N2CCC(C)(c3noc([C@@H]4C[C@@H]4F)n3)CC2)C1. The third-order valence-electron chi connectivity index (χ3n) is 8.54. The van der Waals surface area contributed by atoms with E-state index in [4.69, 9.17) is 9.26 Å². The highest BCUT2D eigenvalue weighted by molar-refractivity contribution is 5.75. The van der Waals surface area contributed by atoms with Crippen LogP contribution in [0.25, 0.3) is 0 Å². The van der Waals surface area contributed by atoms with Gasteiger partial charge in [0.15, 0.2) is 5.82 Å². The Kier molecular flexibility index (Phi) is 6.99. The van der Waals surface area contributed by atoms with E-state index in [9.17, 15) is 18.0 Å². The molecule has 0 bridgehead atoms. The Morgan fingerprint density at radius 3 is 2.56 bits per heavy atom. The number of piperidine rings is 1. The number of nitrogens with one attached hydrogen (secondary N) is 1. The minimum absolute atomic E-state index is 0.0930. The molecule has 4 aliphatic rings. The van der Waals surface area contributed by atoms with Gasteiger partial charge < -0.3 is 19.5 Å². The minimum Gasteiger partial charge on any atom is -0.371 e. The van der Waals surface area contributed by atoms with Gasteiger partial charge in [-0.3, -0.25) is 4.90 Å². The zero-order valence-corrected chi connectivity index (χ0v) is 21.4. The number of likely N-dealkylation sites (tertiary alicyclic amines) is 2. The molecule has 5 rings (SSSR count). The van der Waals surface area contributed by atoms with Gasteiger partial charge in [0, 0.05) is 44.1 Å². The molecule has 0 spiro atoms. The van der Waals surface area contributed by atoms with Crippen LogP contribution in [0.4, 0.5) is 18.0 Å². The smallest absolute Gasteiger partial charge is 0.317 e. The fourth-order valence-corrected chi connectivity index (χ4v) is 5.76. The number of nitrogens with zero attached hydrogens (tertiary/aromatic N) is 4. The van der Waals surface area contributed by atoms with Gasteiger partial charge >= 0.3 is 6.03 Å². The molecule has 8 nitrogen and oxygen atoms in total. The molecule has 0 aromatic carbocycles. The Bertz CT molecular complexity index is 936. The summed E-state index contributed by atoms with van der Waals surface area (Å²) in [4.78, 5) is 21.4. The number of carbonyl (C=O) groups is 1. The summed E-state index contributed by atoms with van der Waals surface area (Å²) >= 11 is 0. The van der Waals surface area contributed by atoms with Crippen LogP contribution in [0.3, 0.4) is 0 Å². The van der Waals surface area contributed by atoms with Crippen molar-refractivity contribution < 1.29 is 27.2 Å².